The maximum absolute atomic E-state index is 12.7. The number of benzene rings is 2. The molecule has 2 aromatic carbocycles. The van der Waals surface area contributed by atoms with Gasteiger partial charge in [0.05, 0.1) is 24.6 Å². The first-order valence-electron chi connectivity index (χ1n) is 9.98. The van der Waals surface area contributed by atoms with Crippen LogP contribution in [0.5, 0.6) is 0 Å². The number of piperazine rings is 1. The molecule has 0 bridgehead atoms. The third-order valence-corrected chi connectivity index (χ3v) is 5.46. The number of nitrogens with one attached hydrogen (secondary N) is 2. The van der Waals surface area contributed by atoms with E-state index in [1.165, 1.54) is 0 Å². The second-order valence-corrected chi connectivity index (χ2v) is 7.34. The van der Waals surface area contributed by atoms with Crippen molar-refractivity contribution >= 4 is 28.4 Å². The molecule has 0 saturated carbocycles. The molecule has 1 aliphatic heterocycles. The van der Waals surface area contributed by atoms with Gasteiger partial charge in [-0.05, 0) is 35.9 Å². The van der Waals surface area contributed by atoms with Gasteiger partial charge in [0.2, 0.25) is 11.8 Å². The zero-order valence-electron chi connectivity index (χ0n) is 16.6. The van der Waals surface area contributed by atoms with E-state index in [4.69, 9.17) is 5.26 Å². The number of aromatic amines is 1. The van der Waals surface area contributed by atoms with E-state index in [1.54, 1.807) is 29.2 Å². The van der Waals surface area contributed by atoms with Gasteiger partial charge in [-0.1, -0.05) is 18.2 Å². The summed E-state index contributed by atoms with van der Waals surface area (Å²) in [4.78, 5) is 32.0. The number of hydrogen-bond acceptors (Lipinski definition) is 4. The van der Waals surface area contributed by atoms with E-state index in [-0.39, 0.29) is 18.4 Å². The van der Waals surface area contributed by atoms with Crippen molar-refractivity contribution in [2.75, 3.05) is 38.0 Å². The van der Waals surface area contributed by atoms with Crippen LogP contribution < -0.4 is 5.32 Å². The fourth-order valence-corrected chi connectivity index (χ4v) is 3.71. The van der Waals surface area contributed by atoms with Crippen LogP contribution in [0.15, 0.2) is 54.7 Å². The summed E-state index contributed by atoms with van der Waals surface area (Å²) in [6.07, 6.45) is 2.26. The molecule has 0 aliphatic carbocycles. The highest BCUT2D eigenvalue weighted by Crippen LogP contribution is 2.19. The normalized spacial score (nSPS) is 13.8. The number of carbonyl (C=O) groups is 2. The highest BCUT2D eigenvalue weighted by atomic mass is 16.2. The topological polar surface area (TPSA) is 92.2 Å². The molecule has 0 atom stereocenters. The third kappa shape index (κ3) is 4.28. The Labute approximate surface area is 174 Å². The number of nitriles is 1. The van der Waals surface area contributed by atoms with Crippen molar-refractivity contribution < 1.29 is 9.59 Å². The number of hydrogen-bond donors (Lipinski definition) is 2. The second-order valence-electron chi connectivity index (χ2n) is 7.34. The summed E-state index contributed by atoms with van der Waals surface area (Å²) in [5, 5.41) is 13.0. The number of para-hydroxylation sites is 1. The van der Waals surface area contributed by atoms with Crippen LogP contribution in [-0.2, 0) is 16.0 Å². The summed E-state index contributed by atoms with van der Waals surface area (Å²) in [5.74, 6) is 0.0886. The van der Waals surface area contributed by atoms with Crippen LogP contribution in [0.1, 0.15) is 11.1 Å². The number of aromatic nitrogens is 1. The predicted molar refractivity (Wildman–Crippen MR) is 115 cm³/mol. The van der Waals surface area contributed by atoms with Crippen LogP contribution in [0.3, 0.4) is 0 Å². The highest BCUT2D eigenvalue weighted by molar-refractivity contribution is 5.89. The summed E-state index contributed by atoms with van der Waals surface area (Å²) in [6.45, 7) is 2.35. The monoisotopic (exact) mass is 401 g/mol. The van der Waals surface area contributed by atoms with Crippen molar-refractivity contribution in [3.8, 4) is 6.07 Å². The Kier molecular flexibility index (Phi) is 5.66. The number of nitrogens with zero attached hydrogens (tertiary/aromatic N) is 3. The van der Waals surface area contributed by atoms with Crippen LogP contribution >= 0.6 is 0 Å². The van der Waals surface area contributed by atoms with Gasteiger partial charge in [0.1, 0.15) is 0 Å². The molecule has 0 radical (unpaired) electrons. The van der Waals surface area contributed by atoms with Crippen LogP contribution in [0, 0.1) is 11.3 Å². The quantitative estimate of drug-likeness (QED) is 0.687. The summed E-state index contributed by atoms with van der Waals surface area (Å²) in [7, 11) is 0. The van der Waals surface area contributed by atoms with E-state index >= 15 is 0 Å². The summed E-state index contributed by atoms with van der Waals surface area (Å²) in [6, 6.07) is 17.0. The molecule has 2 amide bonds. The average molecular weight is 401 g/mol. The van der Waals surface area contributed by atoms with Crippen LogP contribution in [0.2, 0.25) is 0 Å². The number of rotatable bonds is 5. The fourth-order valence-electron chi connectivity index (χ4n) is 3.71. The second kappa shape index (κ2) is 8.70. The first-order valence-corrected chi connectivity index (χ1v) is 9.98. The van der Waals surface area contributed by atoms with Gasteiger partial charge in [-0.3, -0.25) is 9.59 Å². The first-order chi connectivity index (χ1) is 14.6. The van der Waals surface area contributed by atoms with Gasteiger partial charge in [-0.2, -0.15) is 5.26 Å². The Morgan fingerprint density at radius 1 is 0.967 bits per heavy atom. The molecular formula is C23H23N5O2. The van der Waals surface area contributed by atoms with Gasteiger partial charge in [-0.15, -0.1) is 0 Å². The van der Waals surface area contributed by atoms with E-state index in [9.17, 15) is 9.59 Å². The molecule has 7 heteroatoms. The number of H-pyrrole nitrogens is 1. The maximum atomic E-state index is 12.7. The van der Waals surface area contributed by atoms with Gasteiger partial charge in [0, 0.05) is 49.0 Å². The van der Waals surface area contributed by atoms with E-state index < -0.39 is 0 Å². The average Bonchev–Trinajstić information content (AvgIpc) is 3.20. The first kappa shape index (κ1) is 19.5. The SMILES string of the molecule is N#Cc1ccc(NCC(=O)N2CCN(C(=O)Cc3c[nH]c4ccccc34)CC2)cc1. The lowest BCUT2D eigenvalue weighted by Crippen LogP contribution is -2.52. The van der Waals surface area contributed by atoms with Crippen molar-refractivity contribution in [2.45, 2.75) is 6.42 Å². The van der Waals surface area contributed by atoms with E-state index in [1.807, 2.05) is 35.4 Å². The third-order valence-electron chi connectivity index (χ3n) is 5.46. The predicted octanol–water partition coefficient (Wildman–Crippen LogP) is 2.36. The minimum atomic E-state index is 0.00286. The Morgan fingerprint density at radius 3 is 2.33 bits per heavy atom. The number of amides is 2. The zero-order valence-corrected chi connectivity index (χ0v) is 16.6. The molecule has 1 fully saturated rings. The van der Waals surface area contributed by atoms with Crippen molar-refractivity contribution in [2.24, 2.45) is 0 Å². The molecule has 4 rings (SSSR count). The zero-order chi connectivity index (χ0) is 20.9. The molecule has 2 N–H and O–H groups in total. The minimum absolute atomic E-state index is 0.00286. The van der Waals surface area contributed by atoms with E-state index in [2.05, 4.69) is 16.4 Å². The molecule has 1 aliphatic rings. The highest BCUT2D eigenvalue weighted by Gasteiger charge is 2.24. The molecule has 1 aromatic heterocycles. The standard InChI is InChI=1S/C23H23N5O2/c24-14-17-5-7-19(8-6-17)25-16-23(30)28-11-9-27(10-12-28)22(29)13-18-15-26-21-4-2-1-3-20(18)21/h1-8,15,25-26H,9-13,16H2. The number of carbonyl (C=O) groups excluding carboxylic acids is 2. The summed E-state index contributed by atoms with van der Waals surface area (Å²) >= 11 is 0. The maximum Gasteiger partial charge on any atom is 0.241 e. The van der Waals surface area contributed by atoms with Crippen LogP contribution in [-0.4, -0.2) is 59.3 Å². The van der Waals surface area contributed by atoms with Crippen LogP contribution in [0.4, 0.5) is 5.69 Å². The smallest absolute Gasteiger partial charge is 0.241 e. The minimum Gasteiger partial charge on any atom is -0.376 e. The molecule has 7 nitrogen and oxygen atoms in total. The fraction of sp³-hybridized carbons (Fsp3) is 0.261. The van der Waals surface area contributed by atoms with Gasteiger partial charge in [0.15, 0.2) is 0 Å². The van der Waals surface area contributed by atoms with Gasteiger partial charge in [-0.25, -0.2) is 0 Å². The van der Waals surface area contributed by atoms with Crippen molar-refractivity contribution in [1.82, 2.24) is 14.8 Å². The summed E-state index contributed by atoms with van der Waals surface area (Å²) < 4.78 is 0. The van der Waals surface area contributed by atoms with E-state index in [0.717, 1.165) is 22.2 Å². The molecular weight excluding hydrogens is 378 g/mol. The lowest BCUT2D eigenvalue weighted by Gasteiger charge is -2.35. The summed E-state index contributed by atoms with van der Waals surface area (Å²) in [5.41, 5.74) is 3.42. The molecule has 3 aromatic rings. The van der Waals surface area contributed by atoms with Gasteiger partial charge in [0.25, 0.3) is 0 Å². The Hall–Kier alpha value is -3.79. The molecule has 2 heterocycles. The Balaban J connectivity index is 1.26. The molecule has 0 unspecified atom stereocenters. The Bertz CT molecular complexity index is 1090. The lowest BCUT2D eigenvalue weighted by atomic mass is 10.1. The van der Waals surface area contributed by atoms with E-state index in [0.29, 0.717) is 38.2 Å². The van der Waals surface area contributed by atoms with Crippen molar-refractivity contribution in [3.05, 3.63) is 65.9 Å². The Morgan fingerprint density at radius 2 is 1.63 bits per heavy atom. The van der Waals surface area contributed by atoms with Gasteiger partial charge >= 0.3 is 0 Å². The number of fused-ring (bicyclic) bond motifs is 1. The largest absolute Gasteiger partial charge is 0.376 e. The van der Waals surface area contributed by atoms with Crippen molar-refractivity contribution in [1.29, 1.82) is 5.26 Å². The van der Waals surface area contributed by atoms with Gasteiger partial charge < -0.3 is 20.1 Å². The molecule has 1 saturated heterocycles. The molecule has 30 heavy (non-hydrogen) atoms. The molecule has 152 valence electrons. The lowest BCUT2D eigenvalue weighted by molar-refractivity contribution is -0.138. The number of anilines is 1. The molecule has 0 spiro atoms. The van der Waals surface area contributed by atoms with Crippen LogP contribution in [0.25, 0.3) is 10.9 Å². The van der Waals surface area contributed by atoms with Crippen molar-refractivity contribution in [3.63, 3.8) is 0 Å².